The number of hydrogen-bond donors (Lipinski definition) is 0. The van der Waals surface area contributed by atoms with Crippen LogP contribution in [0.5, 0.6) is 0 Å². The van der Waals surface area contributed by atoms with Crippen molar-refractivity contribution in [2.24, 2.45) is 0 Å². The van der Waals surface area contributed by atoms with Gasteiger partial charge in [0, 0.05) is 30.7 Å². The molecule has 128 valence electrons. The van der Waals surface area contributed by atoms with Crippen molar-refractivity contribution in [1.29, 1.82) is 0 Å². The number of esters is 1. The molecule has 0 saturated heterocycles. The van der Waals surface area contributed by atoms with E-state index in [2.05, 4.69) is 0 Å². The van der Waals surface area contributed by atoms with Crippen LogP contribution in [-0.4, -0.2) is 29.6 Å². The van der Waals surface area contributed by atoms with Gasteiger partial charge in [-0.3, -0.25) is 4.79 Å². The topological polar surface area (TPSA) is 51.5 Å². The number of aromatic nitrogens is 1. The number of likely N-dealkylation sites (N-methyl/N-ethyl adjacent to an activating group) is 1. The minimum absolute atomic E-state index is 0.265. The van der Waals surface area contributed by atoms with E-state index in [4.69, 9.17) is 4.74 Å². The number of nitrogens with zero attached hydrogens (tertiary/aromatic N) is 2. The fourth-order valence-electron chi connectivity index (χ4n) is 2.82. The van der Waals surface area contributed by atoms with Crippen LogP contribution in [0.15, 0.2) is 36.4 Å². The summed E-state index contributed by atoms with van der Waals surface area (Å²) < 4.78 is 7.43. The highest BCUT2D eigenvalue weighted by Gasteiger charge is 2.25. The highest BCUT2D eigenvalue weighted by molar-refractivity contribution is 5.99. The van der Waals surface area contributed by atoms with Crippen LogP contribution in [0.2, 0.25) is 0 Å². The molecule has 24 heavy (non-hydrogen) atoms. The van der Waals surface area contributed by atoms with Gasteiger partial charge in [0.05, 0.1) is 5.56 Å². The number of amides is 1. The molecular weight excluding hydrogens is 304 g/mol. The molecule has 2 aromatic rings. The zero-order chi connectivity index (χ0) is 17.9. The van der Waals surface area contributed by atoms with Gasteiger partial charge in [0.1, 0.15) is 0 Å². The molecule has 1 aromatic carbocycles. The molecule has 1 aromatic heterocycles. The fraction of sp³-hybridized carbons (Fsp3) is 0.368. The molecule has 1 heterocycles. The number of benzene rings is 1. The SMILES string of the molecule is CCn1c(C)cc(C(=O)O[C@@H](C)C(=O)N(C)c2ccccc2)c1C. The molecule has 1 atom stereocenters. The number of carbonyl (C=O) groups excluding carboxylic acids is 2. The number of para-hydroxylation sites is 1. The predicted octanol–water partition coefficient (Wildman–Crippen LogP) is 3.33. The number of ether oxygens (including phenoxy) is 1. The van der Waals surface area contributed by atoms with Crippen molar-refractivity contribution in [1.82, 2.24) is 4.57 Å². The predicted molar refractivity (Wildman–Crippen MR) is 94.3 cm³/mol. The lowest BCUT2D eigenvalue weighted by atomic mass is 10.2. The zero-order valence-electron chi connectivity index (χ0n) is 14.9. The third kappa shape index (κ3) is 3.50. The summed E-state index contributed by atoms with van der Waals surface area (Å²) in [7, 11) is 1.67. The monoisotopic (exact) mass is 328 g/mol. The van der Waals surface area contributed by atoms with Crippen molar-refractivity contribution in [2.75, 3.05) is 11.9 Å². The summed E-state index contributed by atoms with van der Waals surface area (Å²) in [6, 6.07) is 11.1. The smallest absolute Gasteiger partial charge is 0.340 e. The van der Waals surface area contributed by atoms with E-state index < -0.39 is 12.1 Å². The summed E-state index contributed by atoms with van der Waals surface area (Å²) in [5.74, 6) is -0.732. The first-order valence-corrected chi connectivity index (χ1v) is 8.07. The third-order valence-electron chi connectivity index (χ3n) is 4.22. The molecular formula is C19H24N2O3. The maximum Gasteiger partial charge on any atom is 0.340 e. The summed E-state index contributed by atoms with van der Waals surface area (Å²) in [4.78, 5) is 26.4. The lowest BCUT2D eigenvalue weighted by molar-refractivity contribution is -0.126. The molecule has 2 rings (SSSR count). The highest BCUT2D eigenvalue weighted by atomic mass is 16.5. The van der Waals surface area contributed by atoms with Crippen molar-refractivity contribution in [2.45, 2.75) is 40.3 Å². The molecule has 0 N–H and O–H groups in total. The Balaban J connectivity index is 2.10. The largest absolute Gasteiger partial charge is 0.449 e. The third-order valence-corrected chi connectivity index (χ3v) is 4.22. The van der Waals surface area contributed by atoms with Gasteiger partial charge in [0.2, 0.25) is 0 Å². The molecule has 0 radical (unpaired) electrons. The van der Waals surface area contributed by atoms with Crippen LogP contribution in [0.4, 0.5) is 5.69 Å². The standard InChI is InChI=1S/C19H24N2O3/c1-6-21-13(2)12-17(14(21)3)19(23)24-15(4)18(22)20(5)16-10-8-7-9-11-16/h7-12,15H,6H2,1-5H3/t15-/m0/s1. The van der Waals surface area contributed by atoms with E-state index in [9.17, 15) is 9.59 Å². The van der Waals surface area contributed by atoms with Crippen molar-refractivity contribution < 1.29 is 14.3 Å². The summed E-state index contributed by atoms with van der Waals surface area (Å²) >= 11 is 0. The van der Waals surface area contributed by atoms with Crippen LogP contribution in [0.1, 0.15) is 35.6 Å². The fourth-order valence-corrected chi connectivity index (χ4v) is 2.82. The van der Waals surface area contributed by atoms with Crippen molar-refractivity contribution in [3.63, 3.8) is 0 Å². The van der Waals surface area contributed by atoms with E-state index in [-0.39, 0.29) is 5.91 Å². The Morgan fingerprint density at radius 2 is 1.83 bits per heavy atom. The molecule has 0 unspecified atom stereocenters. The van der Waals surface area contributed by atoms with Crippen LogP contribution in [0, 0.1) is 13.8 Å². The molecule has 5 heteroatoms. The van der Waals surface area contributed by atoms with Crippen LogP contribution in [0.25, 0.3) is 0 Å². The Hall–Kier alpha value is -2.56. The van der Waals surface area contributed by atoms with Crippen molar-refractivity contribution in [3.05, 3.63) is 53.3 Å². The quantitative estimate of drug-likeness (QED) is 0.791. The maximum absolute atomic E-state index is 12.5. The second-order valence-electron chi connectivity index (χ2n) is 5.81. The van der Waals surface area contributed by atoms with E-state index in [0.29, 0.717) is 5.56 Å². The molecule has 0 aliphatic carbocycles. The van der Waals surface area contributed by atoms with Gasteiger partial charge < -0.3 is 14.2 Å². The zero-order valence-corrected chi connectivity index (χ0v) is 14.9. The van der Waals surface area contributed by atoms with Crippen LogP contribution >= 0.6 is 0 Å². The summed E-state index contributed by atoms with van der Waals surface area (Å²) in [6.45, 7) is 8.24. The van der Waals surface area contributed by atoms with E-state index >= 15 is 0 Å². The Morgan fingerprint density at radius 3 is 2.38 bits per heavy atom. The number of rotatable bonds is 5. The average molecular weight is 328 g/mol. The van der Waals surface area contributed by atoms with E-state index in [1.165, 1.54) is 4.90 Å². The first-order chi connectivity index (χ1) is 11.4. The number of hydrogen-bond acceptors (Lipinski definition) is 3. The Kier molecular flexibility index (Phi) is 5.44. The van der Waals surface area contributed by atoms with Gasteiger partial charge in [-0.1, -0.05) is 18.2 Å². The van der Waals surface area contributed by atoms with Crippen LogP contribution < -0.4 is 4.90 Å². The van der Waals surface area contributed by atoms with E-state index in [0.717, 1.165) is 23.6 Å². The molecule has 0 spiro atoms. The number of carbonyl (C=O) groups is 2. The minimum Gasteiger partial charge on any atom is -0.449 e. The Bertz CT molecular complexity index is 735. The minimum atomic E-state index is -0.854. The average Bonchev–Trinajstić information content (AvgIpc) is 2.88. The summed E-state index contributed by atoms with van der Waals surface area (Å²) in [6.07, 6.45) is -0.854. The van der Waals surface area contributed by atoms with Crippen molar-refractivity contribution in [3.8, 4) is 0 Å². The molecule has 0 aliphatic rings. The summed E-state index contributed by atoms with van der Waals surface area (Å²) in [5, 5.41) is 0. The van der Waals surface area contributed by atoms with E-state index in [1.807, 2.05) is 55.7 Å². The molecule has 0 fully saturated rings. The van der Waals surface area contributed by atoms with Gasteiger partial charge in [-0.05, 0) is 45.9 Å². The van der Waals surface area contributed by atoms with Crippen LogP contribution in [0.3, 0.4) is 0 Å². The van der Waals surface area contributed by atoms with Gasteiger partial charge >= 0.3 is 5.97 Å². The van der Waals surface area contributed by atoms with Gasteiger partial charge in [-0.15, -0.1) is 0 Å². The first-order valence-electron chi connectivity index (χ1n) is 8.07. The van der Waals surface area contributed by atoms with Gasteiger partial charge in [-0.25, -0.2) is 4.79 Å². The Labute approximate surface area is 142 Å². The lowest BCUT2D eigenvalue weighted by Crippen LogP contribution is -2.37. The van der Waals surface area contributed by atoms with Gasteiger partial charge in [-0.2, -0.15) is 0 Å². The molecule has 5 nitrogen and oxygen atoms in total. The molecule has 0 saturated carbocycles. The molecule has 1 amide bonds. The first kappa shape index (κ1) is 17.8. The molecule has 0 bridgehead atoms. The normalized spacial score (nSPS) is 11.9. The lowest BCUT2D eigenvalue weighted by Gasteiger charge is -2.21. The maximum atomic E-state index is 12.5. The summed E-state index contributed by atoms with van der Waals surface area (Å²) in [5.41, 5.74) is 3.13. The van der Waals surface area contributed by atoms with Crippen molar-refractivity contribution >= 4 is 17.6 Å². The van der Waals surface area contributed by atoms with Gasteiger partial charge in [0.15, 0.2) is 6.10 Å². The van der Waals surface area contributed by atoms with Crippen LogP contribution in [-0.2, 0) is 16.1 Å². The van der Waals surface area contributed by atoms with E-state index in [1.54, 1.807) is 20.0 Å². The molecule has 0 aliphatic heterocycles. The second-order valence-corrected chi connectivity index (χ2v) is 5.81. The number of anilines is 1. The Morgan fingerprint density at radius 1 is 1.21 bits per heavy atom. The highest BCUT2D eigenvalue weighted by Crippen LogP contribution is 2.18. The van der Waals surface area contributed by atoms with Gasteiger partial charge in [0.25, 0.3) is 5.91 Å². The number of aryl methyl sites for hydroxylation is 1. The second kappa shape index (κ2) is 7.34.